The Hall–Kier alpha value is -2.54. The molecule has 3 atom stereocenters. The van der Waals surface area contributed by atoms with Crippen molar-refractivity contribution < 1.29 is 23.8 Å². The monoisotopic (exact) mass is 467 g/mol. The number of carbonyl (C=O) groups excluding carboxylic acids is 2. The molecule has 1 fully saturated rings. The number of ketones is 1. The van der Waals surface area contributed by atoms with E-state index in [-0.39, 0.29) is 18.1 Å². The molecule has 6 heteroatoms. The van der Waals surface area contributed by atoms with Gasteiger partial charge in [0.15, 0.2) is 6.29 Å². The molecule has 1 heterocycles. The summed E-state index contributed by atoms with van der Waals surface area (Å²) in [7, 11) is 1.68. The van der Waals surface area contributed by atoms with E-state index in [9.17, 15) is 9.59 Å². The second kappa shape index (κ2) is 14.0. The van der Waals surface area contributed by atoms with Gasteiger partial charge in [0.1, 0.15) is 5.78 Å². The lowest BCUT2D eigenvalue weighted by Crippen LogP contribution is -2.32. The number of hydrogen-bond donors (Lipinski definition) is 1. The Morgan fingerprint density at radius 3 is 2.29 bits per heavy atom. The fourth-order valence-electron chi connectivity index (χ4n) is 4.12. The zero-order valence-corrected chi connectivity index (χ0v) is 20.3. The van der Waals surface area contributed by atoms with E-state index in [2.05, 4.69) is 5.32 Å². The average Bonchev–Trinajstić information content (AvgIpc) is 2.87. The van der Waals surface area contributed by atoms with Gasteiger partial charge in [-0.2, -0.15) is 0 Å². The molecule has 3 unspecified atom stereocenters. The lowest BCUT2D eigenvalue weighted by Gasteiger charge is -2.36. The van der Waals surface area contributed by atoms with Crippen LogP contribution in [-0.2, 0) is 23.8 Å². The zero-order valence-electron chi connectivity index (χ0n) is 20.3. The Morgan fingerprint density at radius 1 is 0.912 bits per heavy atom. The van der Waals surface area contributed by atoms with Crippen LogP contribution in [0.25, 0.3) is 0 Å². The first-order chi connectivity index (χ1) is 16.6. The maximum atomic E-state index is 12.3. The number of nitrogens with one attached hydrogen (secondary N) is 1. The van der Waals surface area contributed by atoms with Crippen LogP contribution in [0.1, 0.15) is 81.8 Å². The number of hydrogen-bond acceptors (Lipinski definition) is 5. The molecular formula is C28H37NO5. The van der Waals surface area contributed by atoms with E-state index in [1.165, 1.54) is 0 Å². The van der Waals surface area contributed by atoms with Gasteiger partial charge in [-0.15, -0.1) is 0 Å². The fourth-order valence-corrected chi connectivity index (χ4v) is 4.12. The Labute approximate surface area is 203 Å². The zero-order chi connectivity index (χ0) is 24.2. The van der Waals surface area contributed by atoms with Crippen molar-refractivity contribution in [2.75, 3.05) is 19.0 Å². The molecule has 0 aromatic heterocycles. The van der Waals surface area contributed by atoms with Gasteiger partial charge in [0.25, 0.3) is 0 Å². The normalized spacial score (nSPS) is 20.1. The van der Waals surface area contributed by atoms with Gasteiger partial charge in [-0.25, -0.2) is 0 Å². The van der Waals surface area contributed by atoms with E-state index < -0.39 is 6.29 Å². The number of methoxy groups -OCH3 is 1. The minimum absolute atomic E-state index is 0.0176. The number of rotatable bonds is 13. The number of carbonyl (C=O) groups is 2. The lowest BCUT2D eigenvalue weighted by atomic mass is 10.0. The summed E-state index contributed by atoms with van der Waals surface area (Å²) in [5, 5.41) is 2.98. The fraction of sp³-hybridized carbons (Fsp3) is 0.500. The van der Waals surface area contributed by atoms with Gasteiger partial charge in [-0.05, 0) is 30.5 Å². The first-order valence-corrected chi connectivity index (χ1v) is 12.3. The maximum absolute atomic E-state index is 12.3. The number of unbranched alkanes of at least 4 members (excludes halogenated alkanes) is 3. The number of anilines is 1. The van der Waals surface area contributed by atoms with Gasteiger partial charge >= 0.3 is 0 Å². The quantitative estimate of drug-likeness (QED) is 0.358. The Bertz CT molecular complexity index is 883. The van der Waals surface area contributed by atoms with E-state index in [1.807, 2.05) is 61.5 Å². The second-order valence-electron chi connectivity index (χ2n) is 8.79. The molecule has 1 aliphatic heterocycles. The summed E-state index contributed by atoms with van der Waals surface area (Å²) >= 11 is 0. The van der Waals surface area contributed by atoms with Crippen molar-refractivity contribution >= 4 is 17.4 Å². The van der Waals surface area contributed by atoms with Crippen molar-refractivity contribution in [2.45, 2.75) is 76.8 Å². The molecule has 0 bridgehead atoms. The summed E-state index contributed by atoms with van der Waals surface area (Å²) < 4.78 is 17.7. The van der Waals surface area contributed by atoms with Crippen LogP contribution in [0, 0.1) is 0 Å². The van der Waals surface area contributed by atoms with E-state index in [0.717, 1.165) is 42.5 Å². The predicted molar refractivity (Wildman–Crippen MR) is 132 cm³/mol. The van der Waals surface area contributed by atoms with Crippen LogP contribution < -0.4 is 5.32 Å². The van der Waals surface area contributed by atoms with Crippen molar-refractivity contribution in [1.82, 2.24) is 0 Å². The molecule has 0 spiro atoms. The second-order valence-corrected chi connectivity index (χ2v) is 8.79. The highest BCUT2D eigenvalue weighted by atomic mass is 16.7. The molecule has 1 N–H and O–H groups in total. The molecule has 34 heavy (non-hydrogen) atoms. The summed E-state index contributed by atoms with van der Waals surface area (Å²) in [4.78, 5) is 23.6. The largest absolute Gasteiger partial charge is 0.382 e. The van der Waals surface area contributed by atoms with Gasteiger partial charge in [0.05, 0.1) is 18.8 Å². The van der Waals surface area contributed by atoms with Crippen LogP contribution in [0.3, 0.4) is 0 Å². The summed E-state index contributed by atoms with van der Waals surface area (Å²) in [5.41, 5.74) is 2.81. The first kappa shape index (κ1) is 26.1. The summed E-state index contributed by atoms with van der Waals surface area (Å²) in [6.07, 6.45) is 5.55. The van der Waals surface area contributed by atoms with Crippen LogP contribution in [0.4, 0.5) is 5.69 Å². The third kappa shape index (κ3) is 8.35. The van der Waals surface area contributed by atoms with Gasteiger partial charge in [0.2, 0.25) is 5.91 Å². The smallest absolute Gasteiger partial charge is 0.224 e. The minimum Gasteiger partial charge on any atom is -0.382 e. The predicted octanol–water partition coefficient (Wildman–Crippen LogP) is 6.14. The van der Waals surface area contributed by atoms with E-state index in [1.54, 1.807) is 7.11 Å². The van der Waals surface area contributed by atoms with Crippen molar-refractivity contribution in [3.63, 3.8) is 0 Å². The molecule has 1 amide bonds. The molecular weight excluding hydrogens is 430 g/mol. The van der Waals surface area contributed by atoms with Crippen LogP contribution in [-0.4, -0.2) is 31.5 Å². The van der Waals surface area contributed by atoms with Gasteiger partial charge in [-0.1, -0.05) is 62.2 Å². The molecule has 184 valence electrons. The SMILES string of the molecule is CCC(=O)CCCCCCC(=O)Nc1ccc(C2CC(COC)OC(c3ccccc3)O2)cc1. The van der Waals surface area contributed by atoms with Gasteiger partial charge < -0.3 is 19.5 Å². The van der Waals surface area contributed by atoms with E-state index in [0.29, 0.717) is 38.1 Å². The molecule has 2 aromatic carbocycles. The third-order valence-electron chi connectivity index (χ3n) is 6.08. The van der Waals surface area contributed by atoms with Gasteiger partial charge in [-0.3, -0.25) is 9.59 Å². The molecule has 0 saturated carbocycles. The number of Topliss-reactive ketones (excluding diaryl/α,β-unsaturated/α-hetero) is 1. The van der Waals surface area contributed by atoms with Crippen LogP contribution in [0.15, 0.2) is 54.6 Å². The Morgan fingerprint density at radius 2 is 1.62 bits per heavy atom. The van der Waals surface area contributed by atoms with Crippen LogP contribution >= 0.6 is 0 Å². The van der Waals surface area contributed by atoms with E-state index >= 15 is 0 Å². The molecule has 2 aromatic rings. The standard InChI is InChI=1S/C28H37NO5/c1-3-24(30)13-9-4-5-10-14-27(31)29-23-17-15-21(16-18-23)26-19-25(20-32-2)33-28(34-26)22-11-7-6-8-12-22/h6-8,11-12,15-18,25-26,28H,3-5,9-10,13-14,19-20H2,1-2H3,(H,29,31). The topological polar surface area (TPSA) is 73.9 Å². The molecule has 0 aliphatic carbocycles. The van der Waals surface area contributed by atoms with E-state index in [4.69, 9.17) is 14.2 Å². The van der Waals surface area contributed by atoms with Crippen molar-refractivity contribution in [3.8, 4) is 0 Å². The summed E-state index contributed by atoms with van der Waals surface area (Å²) in [6.45, 7) is 2.40. The third-order valence-corrected chi connectivity index (χ3v) is 6.08. The highest BCUT2D eigenvalue weighted by molar-refractivity contribution is 5.90. The maximum Gasteiger partial charge on any atom is 0.224 e. The molecule has 3 rings (SSSR count). The van der Waals surface area contributed by atoms with Crippen LogP contribution in [0.2, 0.25) is 0 Å². The Balaban J connectivity index is 1.48. The molecule has 1 saturated heterocycles. The highest BCUT2D eigenvalue weighted by Gasteiger charge is 2.32. The highest BCUT2D eigenvalue weighted by Crippen LogP contribution is 2.38. The molecule has 1 aliphatic rings. The molecule has 6 nitrogen and oxygen atoms in total. The van der Waals surface area contributed by atoms with Crippen molar-refractivity contribution in [3.05, 3.63) is 65.7 Å². The van der Waals surface area contributed by atoms with Gasteiger partial charge in [0, 0.05) is 44.0 Å². The number of ether oxygens (including phenoxy) is 3. The lowest BCUT2D eigenvalue weighted by molar-refractivity contribution is -0.257. The van der Waals surface area contributed by atoms with Crippen molar-refractivity contribution in [1.29, 1.82) is 0 Å². The Kier molecular flexibility index (Phi) is 10.7. The molecule has 0 radical (unpaired) electrons. The summed E-state index contributed by atoms with van der Waals surface area (Å²) in [5.74, 6) is 0.334. The van der Waals surface area contributed by atoms with Crippen molar-refractivity contribution in [2.24, 2.45) is 0 Å². The number of amides is 1. The first-order valence-electron chi connectivity index (χ1n) is 12.3. The number of benzene rings is 2. The average molecular weight is 468 g/mol. The summed E-state index contributed by atoms with van der Waals surface area (Å²) in [6, 6.07) is 17.8. The van der Waals surface area contributed by atoms with Crippen LogP contribution in [0.5, 0.6) is 0 Å². The minimum atomic E-state index is -0.445.